The average molecular weight is 298 g/mol. The van der Waals surface area contributed by atoms with E-state index >= 15 is 0 Å². The molecule has 0 amide bonds. The van der Waals surface area contributed by atoms with Crippen molar-refractivity contribution in [3.8, 4) is 0 Å². The molecule has 0 bridgehead atoms. The van der Waals surface area contributed by atoms with E-state index in [0.29, 0.717) is 5.38 Å². The number of nitrogens with zero attached hydrogens (tertiary/aromatic N) is 1. The lowest BCUT2D eigenvalue weighted by atomic mass is 9.64. The summed E-state index contributed by atoms with van der Waals surface area (Å²) in [7, 11) is 4.49. The van der Waals surface area contributed by atoms with Crippen LogP contribution in [0.25, 0.3) is 0 Å². The summed E-state index contributed by atoms with van der Waals surface area (Å²) in [5, 5.41) is 0.470. The van der Waals surface area contributed by atoms with E-state index in [2.05, 4.69) is 25.9 Å². The van der Waals surface area contributed by atoms with Gasteiger partial charge in [-0.25, -0.2) is 0 Å². The van der Waals surface area contributed by atoms with Crippen LogP contribution in [0.2, 0.25) is 0 Å². The van der Waals surface area contributed by atoms with E-state index in [1.165, 1.54) is 51.4 Å². The zero-order valence-electron chi connectivity index (χ0n) is 13.5. The van der Waals surface area contributed by atoms with E-state index in [0.717, 1.165) is 35.6 Å². The molecule has 0 radical (unpaired) electrons. The normalized spacial score (nSPS) is 49.4. The monoisotopic (exact) mass is 297 g/mol. The second-order valence-electron chi connectivity index (χ2n) is 8.27. The van der Waals surface area contributed by atoms with Crippen LogP contribution in [0, 0.1) is 29.6 Å². The first-order valence-electron chi connectivity index (χ1n) is 8.85. The predicted molar refractivity (Wildman–Crippen MR) is 87.2 cm³/mol. The van der Waals surface area contributed by atoms with E-state index in [-0.39, 0.29) is 0 Å². The summed E-state index contributed by atoms with van der Waals surface area (Å²) in [5.41, 5.74) is 0. The number of halogens is 1. The number of hydrogen-bond donors (Lipinski definition) is 0. The topological polar surface area (TPSA) is 3.24 Å². The Morgan fingerprint density at radius 3 is 2.10 bits per heavy atom. The molecule has 0 heterocycles. The Balaban J connectivity index is 1.64. The van der Waals surface area contributed by atoms with Crippen LogP contribution in [0.15, 0.2) is 0 Å². The first-order valence-corrected chi connectivity index (χ1v) is 9.28. The van der Waals surface area contributed by atoms with Crippen molar-refractivity contribution in [1.29, 1.82) is 0 Å². The second-order valence-corrected chi connectivity index (χ2v) is 8.88. The lowest BCUT2D eigenvalue weighted by Gasteiger charge is -2.44. The molecule has 2 heteroatoms. The standard InChI is InChI=1S/C18H32ClN/c1-12-8-14-10-15(19)11-18(17(14)9-12)13-4-6-16(7-5-13)20(2)3/h12-18H,4-11H2,1-3H3. The number of fused-ring (bicyclic) bond motifs is 1. The molecule has 3 aliphatic carbocycles. The Hall–Kier alpha value is 0.250. The molecule has 20 heavy (non-hydrogen) atoms. The van der Waals surface area contributed by atoms with Gasteiger partial charge in [0.1, 0.15) is 0 Å². The molecule has 1 nitrogen and oxygen atoms in total. The van der Waals surface area contributed by atoms with E-state index < -0.39 is 0 Å². The fraction of sp³-hybridized carbons (Fsp3) is 1.00. The molecule has 3 fully saturated rings. The van der Waals surface area contributed by atoms with Gasteiger partial charge in [0, 0.05) is 11.4 Å². The quantitative estimate of drug-likeness (QED) is 0.663. The van der Waals surface area contributed by atoms with Gasteiger partial charge in [-0.2, -0.15) is 0 Å². The van der Waals surface area contributed by atoms with Gasteiger partial charge in [-0.15, -0.1) is 11.6 Å². The highest BCUT2D eigenvalue weighted by Crippen LogP contribution is 2.53. The van der Waals surface area contributed by atoms with Crippen LogP contribution in [-0.4, -0.2) is 30.4 Å². The summed E-state index contributed by atoms with van der Waals surface area (Å²) in [6.45, 7) is 2.46. The highest BCUT2D eigenvalue weighted by molar-refractivity contribution is 6.20. The SMILES string of the molecule is CC1CC2CC(Cl)CC(C3CCC(N(C)C)CC3)C2C1. The van der Waals surface area contributed by atoms with Crippen LogP contribution in [0.1, 0.15) is 58.3 Å². The summed E-state index contributed by atoms with van der Waals surface area (Å²) in [5.74, 6) is 4.85. The number of rotatable bonds is 2. The Kier molecular flexibility index (Phi) is 4.67. The molecule has 3 aliphatic rings. The average Bonchev–Trinajstić information content (AvgIpc) is 2.78. The summed E-state index contributed by atoms with van der Waals surface area (Å²) in [6.07, 6.45) is 11.3. The third kappa shape index (κ3) is 3.04. The zero-order chi connectivity index (χ0) is 14.3. The van der Waals surface area contributed by atoms with Gasteiger partial charge in [0.05, 0.1) is 0 Å². The maximum atomic E-state index is 6.62. The molecule has 3 saturated carbocycles. The summed E-state index contributed by atoms with van der Waals surface area (Å²) < 4.78 is 0. The molecular formula is C18H32ClN. The summed E-state index contributed by atoms with van der Waals surface area (Å²) in [4.78, 5) is 2.43. The molecule has 116 valence electrons. The molecular weight excluding hydrogens is 266 g/mol. The first kappa shape index (κ1) is 15.2. The third-order valence-corrected chi connectivity index (χ3v) is 7.06. The molecule has 0 aromatic carbocycles. The fourth-order valence-electron chi connectivity index (χ4n) is 5.72. The minimum Gasteiger partial charge on any atom is -0.306 e. The second kappa shape index (κ2) is 6.16. The van der Waals surface area contributed by atoms with Crippen LogP contribution < -0.4 is 0 Å². The van der Waals surface area contributed by atoms with Crippen molar-refractivity contribution in [3.63, 3.8) is 0 Å². The van der Waals surface area contributed by atoms with Crippen molar-refractivity contribution in [2.24, 2.45) is 29.6 Å². The first-order chi connectivity index (χ1) is 9.54. The van der Waals surface area contributed by atoms with Gasteiger partial charge in [0.15, 0.2) is 0 Å². The Morgan fingerprint density at radius 2 is 1.45 bits per heavy atom. The fourth-order valence-corrected chi connectivity index (χ4v) is 6.16. The molecule has 0 saturated heterocycles. The highest BCUT2D eigenvalue weighted by atomic mass is 35.5. The zero-order valence-corrected chi connectivity index (χ0v) is 14.3. The van der Waals surface area contributed by atoms with Crippen LogP contribution in [0.4, 0.5) is 0 Å². The van der Waals surface area contributed by atoms with Crippen molar-refractivity contribution >= 4 is 11.6 Å². The Labute approximate surface area is 130 Å². The lowest BCUT2D eigenvalue weighted by Crippen LogP contribution is -2.39. The molecule has 0 N–H and O–H groups in total. The molecule has 0 aliphatic heterocycles. The molecule has 0 spiro atoms. The van der Waals surface area contributed by atoms with Gasteiger partial charge in [-0.05, 0) is 95.1 Å². The third-order valence-electron chi connectivity index (χ3n) is 6.70. The van der Waals surface area contributed by atoms with Gasteiger partial charge in [-0.3, -0.25) is 0 Å². The predicted octanol–water partition coefficient (Wildman–Crippen LogP) is 4.79. The molecule has 5 atom stereocenters. The smallest absolute Gasteiger partial charge is 0.0341 e. The minimum absolute atomic E-state index is 0.470. The van der Waals surface area contributed by atoms with Crippen LogP contribution in [0.3, 0.4) is 0 Å². The number of hydrogen-bond acceptors (Lipinski definition) is 1. The van der Waals surface area contributed by atoms with Crippen molar-refractivity contribution in [2.45, 2.75) is 69.7 Å². The largest absolute Gasteiger partial charge is 0.306 e. The van der Waals surface area contributed by atoms with Crippen molar-refractivity contribution in [1.82, 2.24) is 4.90 Å². The van der Waals surface area contributed by atoms with Gasteiger partial charge in [0.2, 0.25) is 0 Å². The van der Waals surface area contributed by atoms with E-state index in [4.69, 9.17) is 11.6 Å². The Bertz CT molecular complexity index is 321. The van der Waals surface area contributed by atoms with E-state index in [9.17, 15) is 0 Å². The van der Waals surface area contributed by atoms with Crippen LogP contribution in [-0.2, 0) is 0 Å². The van der Waals surface area contributed by atoms with Crippen LogP contribution in [0.5, 0.6) is 0 Å². The van der Waals surface area contributed by atoms with E-state index in [1.807, 2.05) is 0 Å². The maximum Gasteiger partial charge on any atom is 0.0341 e. The van der Waals surface area contributed by atoms with Gasteiger partial charge in [-0.1, -0.05) is 6.92 Å². The molecule has 3 rings (SSSR count). The van der Waals surface area contributed by atoms with Crippen molar-refractivity contribution in [2.75, 3.05) is 14.1 Å². The Morgan fingerprint density at radius 1 is 0.800 bits per heavy atom. The summed E-state index contributed by atoms with van der Waals surface area (Å²) in [6, 6.07) is 0.833. The molecule has 0 aromatic heterocycles. The lowest BCUT2D eigenvalue weighted by molar-refractivity contribution is 0.0797. The highest BCUT2D eigenvalue weighted by Gasteiger charge is 2.45. The van der Waals surface area contributed by atoms with Gasteiger partial charge in [0.25, 0.3) is 0 Å². The van der Waals surface area contributed by atoms with Crippen molar-refractivity contribution in [3.05, 3.63) is 0 Å². The maximum absolute atomic E-state index is 6.62. The number of alkyl halides is 1. The van der Waals surface area contributed by atoms with Crippen molar-refractivity contribution < 1.29 is 0 Å². The molecule has 0 aromatic rings. The minimum atomic E-state index is 0.470. The summed E-state index contributed by atoms with van der Waals surface area (Å²) >= 11 is 6.62. The molecule has 5 unspecified atom stereocenters. The van der Waals surface area contributed by atoms with Gasteiger partial charge < -0.3 is 4.90 Å². The van der Waals surface area contributed by atoms with E-state index in [1.54, 1.807) is 0 Å². The van der Waals surface area contributed by atoms with Crippen LogP contribution >= 0.6 is 11.6 Å². The van der Waals surface area contributed by atoms with Gasteiger partial charge >= 0.3 is 0 Å².